The van der Waals surface area contributed by atoms with E-state index in [1.165, 1.54) is 6.07 Å². The number of tetrazole rings is 1. The van der Waals surface area contributed by atoms with E-state index in [2.05, 4.69) is 31.3 Å². The summed E-state index contributed by atoms with van der Waals surface area (Å²) in [6, 6.07) is 10.8. The molecule has 1 aliphatic heterocycles. The van der Waals surface area contributed by atoms with Gasteiger partial charge in [0.2, 0.25) is 12.6 Å². The number of ether oxygens (including phenoxy) is 2. The quantitative estimate of drug-likeness (QED) is 0.652. The number of amides is 3. The molecular formula is C16H12N6O4. The monoisotopic (exact) mass is 352 g/mol. The third kappa shape index (κ3) is 3.15. The first-order valence-corrected chi connectivity index (χ1v) is 7.55. The van der Waals surface area contributed by atoms with E-state index in [0.717, 1.165) is 0 Å². The number of urea groups is 1. The molecule has 0 unspecified atom stereocenters. The Hall–Kier alpha value is -3.95. The van der Waals surface area contributed by atoms with Crippen LogP contribution in [0, 0.1) is 0 Å². The van der Waals surface area contributed by atoms with E-state index >= 15 is 0 Å². The van der Waals surface area contributed by atoms with Gasteiger partial charge in [0.1, 0.15) is 0 Å². The molecule has 0 fully saturated rings. The summed E-state index contributed by atoms with van der Waals surface area (Å²) >= 11 is 0. The molecule has 0 atom stereocenters. The SMILES string of the molecule is O=C(NC(=O)c1ccc2c(c1)OCO2)Nc1cccc(-c2nn[nH]n2)c1. The number of rotatable bonds is 3. The van der Waals surface area contributed by atoms with Gasteiger partial charge in [-0.15, -0.1) is 10.2 Å². The van der Waals surface area contributed by atoms with Gasteiger partial charge in [0.25, 0.3) is 5.91 Å². The maximum Gasteiger partial charge on any atom is 0.326 e. The van der Waals surface area contributed by atoms with Crippen LogP contribution in [0.4, 0.5) is 10.5 Å². The van der Waals surface area contributed by atoms with E-state index in [9.17, 15) is 9.59 Å². The molecule has 26 heavy (non-hydrogen) atoms. The van der Waals surface area contributed by atoms with Gasteiger partial charge in [0, 0.05) is 16.8 Å². The molecule has 0 saturated carbocycles. The van der Waals surface area contributed by atoms with Crippen molar-refractivity contribution in [3.63, 3.8) is 0 Å². The molecule has 2 aromatic carbocycles. The van der Waals surface area contributed by atoms with Gasteiger partial charge in [-0.3, -0.25) is 10.1 Å². The molecule has 10 nitrogen and oxygen atoms in total. The molecule has 0 aliphatic carbocycles. The Morgan fingerprint density at radius 3 is 2.81 bits per heavy atom. The highest BCUT2D eigenvalue weighted by molar-refractivity contribution is 6.08. The minimum absolute atomic E-state index is 0.109. The van der Waals surface area contributed by atoms with Crippen LogP contribution in [0.5, 0.6) is 11.5 Å². The van der Waals surface area contributed by atoms with Crippen LogP contribution in [0.1, 0.15) is 10.4 Å². The number of carbonyl (C=O) groups is 2. The molecule has 0 radical (unpaired) electrons. The molecule has 0 bridgehead atoms. The summed E-state index contributed by atoms with van der Waals surface area (Å²) in [5.74, 6) is 0.857. The molecule has 4 rings (SSSR count). The van der Waals surface area contributed by atoms with Gasteiger partial charge >= 0.3 is 6.03 Å². The second-order valence-corrected chi connectivity index (χ2v) is 5.29. The summed E-state index contributed by atoms with van der Waals surface area (Å²) in [4.78, 5) is 24.3. The number of aromatic amines is 1. The van der Waals surface area contributed by atoms with Crippen molar-refractivity contribution in [3.8, 4) is 22.9 Å². The number of hydrogen-bond acceptors (Lipinski definition) is 7. The Morgan fingerprint density at radius 1 is 1.08 bits per heavy atom. The summed E-state index contributed by atoms with van der Waals surface area (Å²) < 4.78 is 10.4. The third-order valence-electron chi connectivity index (χ3n) is 3.59. The van der Waals surface area contributed by atoms with Gasteiger partial charge in [-0.1, -0.05) is 12.1 Å². The molecule has 10 heteroatoms. The first-order chi connectivity index (χ1) is 12.7. The average Bonchev–Trinajstić information content (AvgIpc) is 3.33. The zero-order chi connectivity index (χ0) is 17.9. The fourth-order valence-electron chi connectivity index (χ4n) is 2.40. The molecule has 0 spiro atoms. The zero-order valence-corrected chi connectivity index (χ0v) is 13.2. The summed E-state index contributed by atoms with van der Waals surface area (Å²) in [5, 5.41) is 18.4. The molecular weight excluding hydrogens is 340 g/mol. The first-order valence-electron chi connectivity index (χ1n) is 7.55. The van der Waals surface area contributed by atoms with E-state index in [4.69, 9.17) is 9.47 Å². The molecule has 130 valence electrons. The van der Waals surface area contributed by atoms with E-state index in [0.29, 0.717) is 28.6 Å². The molecule has 1 aliphatic rings. The van der Waals surface area contributed by atoms with Crippen molar-refractivity contribution < 1.29 is 19.1 Å². The number of anilines is 1. The highest BCUT2D eigenvalue weighted by Crippen LogP contribution is 2.32. The molecule has 1 aromatic heterocycles. The highest BCUT2D eigenvalue weighted by Gasteiger charge is 2.17. The molecule has 0 saturated heterocycles. The zero-order valence-electron chi connectivity index (χ0n) is 13.2. The number of hydrogen-bond donors (Lipinski definition) is 3. The van der Waals surface area contributed by atoms with Crippen LogP contribution in [-0.2, 0) is 0 Å². The second kappa shape index (κ2) is 6.51. The average molecular weight is 352 g/mol. The van der Waals surface area contributed by atoms with Crippen LogP contribution in [0.2, 0.25) is 0 Å². The lowest BCUT2D eigenvalue weighted by Crippen LogP contribution is -2.34. The minimum atomic E-state index is -0.669. The number of imide groups is 1. The van der Waals surface area contributed by atoms with E-state index in [1.54, 1.807) is 36.4 Å². The smallest absolute Gasteiger partial charge is 0.326 e. The summed E-state index contributed by atoms with van der Waals surface area (Å²) in [6.45, 7) is 0.109. The number of nitrogens with one attached hydrogen (secondary N) is 3. The fraction of sp³-hybridized carbons (Fsp3) is 0.0625. The van der Waals surface area contributed by atoms with Crippen LogP contribution in [-0.4, -0.2) is 39.4 Å². The molecule has 3 N–H and O–H groups in total. The normalized spacial score (nSPS) is 11.8. The lowest BCUT2D eigenvalue weighted by Gasteiger charge is -2.08. The molecule has 3 amide bonds. The van der Waals surface area contributed by atoms with Crippen molar-refractivity contribution in [2.75, 3.05) is 12.1 Å². The van der Waals surface area contributed by atoms with Crippen molar-refractivity contribution in [2.45, 2.75) is 0 Å². The second-order valence-electron chi connectivity index (χ2n) is 5.29. The van der Waals surface area contributed by atoms with E-state index < -0.39 is 11.9 Å². The summed E-state index contributed by atoms with van der Waals surface area (Å²) in [5.41, 5.74) is 1.42. The van der Waals surface area contributed by atoms with Crippen LogP contribution >= 0.6 is 0 Å². The fourth-order valence-corrected chi connectivity index (χ4v) is 2.40. The lowest BCUT2D eigenvalue weighted by molar-refractivity contribution is 0.0966. The molecule has 3 aromatic rings. The number of carbonyl (C=O) groups excluding carboxylic acids is 2. The number of aromatic nitrogens is 4. The third-order valence-corrected chi connectivity index (χ3v) is 3.59. The number of fused-ring (bicyclic) bond motifs is 1. The van der Waals surface area contributed by atoms with Crippen molar-refractivity contribution in [1.29, 1.82) is 0 Å². The highest BCUT2D eigenvalue weighted by atomic mass is 16.7. The summed E-state index contributed by atoms with van der Waals surface area (Å²) in [6.07, 6.45) is 0. The first kappa shape index (κ1) is 15.6. The van der Waals surface area contributed by atoms with Crippen LogP contribution in [0.3, 0.4) is 0 Å². The molecule has 2 heterocycles. The number of H-pyrrole nitrogens is 1. The van der Waals surface area contributed by atoms with Crippen molar-refractivity contribution in [3.05, 3.63) is 48.0 Å². The van der Waals surface area contributed by atoms with Gasteiger partial charge in [0.15, 0.2) is 11.5 Å². The van der Waals surface area contributed by atoms with Crippen molar-refractivity contribution in [1.82, 2.24) is 25.9 Å². The van der Waals surface area contributed by atoms with Gasteiger partial charge in [-0.2, -0.15) is 5.21 Å². The Balaban J connectivity index is 1.42. The Bertz CT molecular complexity index is 973. The minimum Gasteiger partial charge on any atom is -0.454 e. The van der Waals surface area contributed by atoms with Crippen LogP contribution < -0.4 is 20.1 Å². The van der Waals surface area contributed by atoms with Crippen LogP contribution in [0.15, 0.2) is 42.5 Å². The topological polar surface area (TPSA) is 131 Å². The predicted molar refractivity (Wildman–Crippen MR) is 88.7 cm³/mol. The van der Waals surface area contributed by atoms with Crippen LogP contribution in [0.25, 0.3) is 11.4 Å². The van der Waals surface area contributed by atoms with Gasteiger partial charge < -0.3 is 14.8 Å². The number of benzene rings is 2. The summed E-state index contributed by atoms with van der Waals surface area (Å²) in [7, 11) is 0. The lowest BCUT2D eigenvalue weighted by atomic mass is 10.2. The predicted octanol–water partition coefficient (Wildman–Crippen LogP) is 1.56. The van der Waals surface area contributed by atoms with Gasteiger partial charge in [-0.25, -0.2) is 4.79 Å². The maximum absolute atomic E-state index is 12.2. The van der Waals surface area contributed by atoms with Crippen molar-refractivity contribution >= 4 is 17.6 Å². The van der Waals surface area contributed by atoms with Crippen molar-refractivity contribution in [2.24, 2.45) is 0 Å². The number of nitrogens with zero attached hydrogens (tertiary/aromatic N) is 3. The largest absolute Gasteiger partial charge is 0.454 e. The Labute approximate surface area is 146 Å². The van der Waals surface area contributed by atoms with Gasteiger partial charge in [-0.05, 0) is 35.5 Å². The standard InChI is InChI=1S/C16H12N6O4/c23-15(10-4-5-12-13(7-10)26-8-25-12)18-16(24)17-11-3-1-2-9(6-11)14-19-21-22-20-14/h1-7H,8H2,(H2,17,18,23,24)(H,19,20,21,22). The maximum atomic E-state index is 12.2. The van der Waals surface area contributed by atoms with E-state index in [1.807, 2.05) is 0 Å². The Kier molecular flexibility index (Phi) is 3.90. The Morgan fingerprint density at radius 2 is 1.96 bits per heavy atom. The van der Waals surface area contributed by atoms with E-state index in [-0.39, 0.29) is 12.4 Å². The van der Waals surface area contributed by atoms with Gasteiger partial charge in [0.05, 0.1) is 0 Å².